The molecule has 31 heavy (non-hydrogen) atoms. The van der Waals surface area contributed by atoms with Crippen molar-refractivity contribution in [2.75, 3.05) is 7.11 Å². The second-order valence-electron chi connectivity index (χ2n) is 6.60. The Kier molecular flexibility index (Phi) is 5.59. The first-order valence-corrected chi connectivity index (χ1v) is 10.00. The molecule has 1 saturated heterocycles. The van der Waals surface area contributed by atoms with Crippen molar-refractivity contribution < 1.29 is 23.7 Å². The summed E-state index contributed by atoms with van der Waals surface area (Å²) in [5.74, 6) is 0.698. The van der Waals surface area contributed by atoms with Crippen LogP contribution in [0.5, 0.6) is 5.75 Å². The highest BCUT2D eigenvalue weighted by Gasteiger charge is 2.35. The molecule has 8 nitrogen and oxygen atoms in total. The zero-order valence-electron chi connectivity index (χ0n) is 16.3. The van der Waals surface area contributed by atoms with Crippen LogP contribution >= 0.6 is 11.8 Å². The number of carbonyl (C=O) groups excluding carboxylic acids is 2. The molecule has 0 aliphatic carbocycles. The van der Waals surface area contributed by atoms with Gasteiger partial charge in [-0.05, 0) is 35.5 Å². The number of amides is 2. The first-order chi connectivity index (χ1) is 15.0. The number of hydrogen-bond donors (Lipinski definition) is 0. The van der Waals surface area contributed by atoms with Crippen molar-refractivity contribution in [2.24, 2.45) is 0 Å². The Morgan fingerprint density at radius 3 is 2.61 bits per heavy atom. The fourth-order valence-electron chi connectivity index (χ4n) is 3.11. The molecule has 1 aliphatic heterocycles. The maximum atomic E-state index is 12.7. The van der Waals surface area contributed by atoms with Gasteiger partial charge in [0.2, 0.25) is 0 Å². The average Bonchev–Trinajstić information content (AvgIpc) is 3.34. The molecular weight excluding hydrogens is 420 g/mol. The Morgan fingerprint density at radius 2 is 1.90 bits per heavy atom. The number of methoxy groups -OCH3 is 1. The van der Waals surface area contributed by atoms with E-state index in [0.29, 0.717) is 22.8 Å². The van der Waals surface area contributed by atoms with Crippen molar-refractivity contribution in [1.29, 1.82) is 0 Å². The first-order valence-electron chi connectivity index (χ1n) is 9.18. The third kappa shape index (κ3) is 4.22. The van der Waals surface area contributed by atoms with Crippen molar-refractivity contribution in [3.63, 3.8) is 0 Å². The van der Waals surface area contributed by atoms with Crippen LogP contribution in [-0.4, -0.2) is 28.1 Å². The number of nitro groups is 1. The van der Waals surface area contributed by atoms with Gasteiger partial charge in [-0.1, -0.05) is 30.3 Å². The fourth-order valence-corrected chi connectivity index (χ4v) is 3.93. The number of hydrogen-bond acceptors (Lipinski definition) is 7. The Labute approximate surface area is 181 Å². The number of carbonyl (C=O) groups is 2. The van der Waals surface area contributed by atoms with E-state index in [2.05, 4.69) is 0 Å². The zero-order chi connectivity index (χ0) is 22.0. The van der Waals surface area contributed by atoms with E-state index < -0.39 is 10.8 Å². The molecule has 1 aromatic heterocycles. The maximum Gasteiger partial charge on any atom is 0.293 e. The minimum absolute atomic E-state index is 0.101. The van der Waals surface area contributed by atoms with E-state index in [-0.39, 0.29) is 22.4 Å². The van der Waals surface area contributed by atoms with E-state index in [1.165, 1.54) is 36.3 Å². The molecule has 2 heterocycles. The van der Waals surface area contributed by atoms with Gasteiger partial charge in [0.25, 0.3) is 16.8 Å². The summed E-state index contributed by atoms with van der Waals surface area (Å²) >= 11 is 0.840. The molecule has 0 bridgehead atoms. The van der Waals surface area contributed by atoms with Gasteiger partial charge >= 0.3 is 0 Å². The highest BCUT2D eigenvalue weighted by Crippen LogP contribution is 2.37. The molecule has 1 fully saturated rings. The van der Waals surface area contributed by atoms with Gasteiger partial charge in [-0.3, -0.25) is 24.6 Å². The number of benzene rings is 2. The monoisotopic (exact) mass is 436 g/mol. The molecule has 2 aromatic carbocycles. The van der Waals surface area contributed by atoms with Crippen LogP contribution in [0.1, 0.15) is 11.3 Å². The van der Waals surface area contributed by atoms with Gasteiger partial charge < -0.3 is 9.15 Å². The van der Waals surface area contributed by atoms with E-state index in [9.17, 15) is 19.7 Å². The van der Waals surface area contributed by atoms with Crippen molar-refractivity contribution >= 4 is 34.7 Å². The number of non-ortho nitro benzene ring substituents is 1. The van der Waals surface area contributed by atoms with Gasteiger partial charge in [-0.15, -0.1) is 0 Å². The topological polar surface area (TPSA) is 103 Å². The highest BCUT2D eigenvalue weighted by atomic mass is 32.2. The highest BCUT2D eigenvalue weighted by molar-refractivity contribution is 8.18. The molecule has 3 aromatic rings. The van der Waals surface area contributed by atoms with E-state index >= 15 is 0 Å². The third-order valence-corrected chi connectivity index (χ3v) is 5.52. The SMILES string of the molecule is COc1ccc([N+](=O)[O-])cc1-c1ccc(/C=C2\SC(=O)N(Cc3ccccc3)C2=O)o1. The second-order valence-corrected chi connectivity index (χ2v) is 7.59. The smallest absolute Gasteiger partial charge is 0.293 e. The summed E-state index contributed by atoms with van der Waals surface area (Å²) in [5.41, 5.74) is 1.16. The summed E-state index contributed by atoms with van der Waals surface area (Å²) in [5, 5.41) is 10.7. The van der Waals surface area contributed by atoms with E-state index in [4.69, 9.17) is 9.15 Å². The lowest BCUT2D eigenvalue weighted by Gasteiger charge is -2.11. The normalized spacial score (nSPS) is 15.0. The molecular formula is C22H16N2O6S. The van der Waals surface area contributed by atoms with Crippen LogP contribution in [-0.2, 0) is 11.3 Å². The average molecular weight is 436 g/mol. The van der Waals surface area contributed by atoms with E-state index in [1.54, 1.807) is 12.1 Å². The number of nitro benzene ring substituents is 1. The maximum absolute atomic E-state index is 12.7. The number of imide groups is 1. The predicted molar refractivity (Wildman–Crippen MR) is 115 cm³/mol. The van der Waals surface area contributed by atoms with Gasteiger partial charge in [-0.25, -0.2) is 0 Å². The minimum Gasteiger partial charge on any atom is -0.496 e. The summed E-state index contributed by atoms with van der Waals surface area (Å²) in [6, 6.07) is 16.7. The molecule has 0 spiro atoms. The Balaban J connectivity index is 1.59. The molecule has 4 rings (SSSR count). The van der Waals surface area contributed by atoms with Crippen LogP contribution in [0.15, 0.2) is 70.0 Å². The molecule has 0 saturated carbocycles. The lowest BCUT2D eigenvalue weighted by molar-refractivity contribution is -0.384. The third-order valence-electron chi connectivity index (χ3n) is 4.62. The van der Waals surface area contributed by atoms with Crippen molar-refractivity contribution in [3.8, 4) is 17.1 Å². The molecule has 0 unspecified atom stereocenters. The summed E-state index contributed by atoms with van der Waals surface area (Å²) in [6.45, 7) is 0.192. The Hall–Kier alpha value is -3.85. The van der Waals surface area contributed by atoms with Gasteiger partial charge in [0.1, 0.15) is 17.3 Å². The number of nitrogens with zero attached hydrogens (tertiary/aromatic N) is 2. The summed E-state index contributed by atoms with van der Waals surface area (Å²) in [6.07, 6.45) is 1.49. The van der Waals surface area contributed by atoms with Crippen LogP contribution in [0.25, 0.3) is 17.4 Å². The minimum atomic E-state index is -0.504. The van der Waals surface area contributed by atoms with Crippen molar-refractivity contribution in [2.45, 2.75) is 6.54 Å². The lowest BCUT2D eigenvalue weighted by atomic mass is 10.1. The number of thioether (sulfide) groups is 1. The second kappa shape index (κ2) is 8.49. The van der Waals surface area contributed by atoms with Crippen LogP contribution in [0, 0.1) is 10.1 Å². The Morgan fingerprint density at radius 1 is 1.13 bits per heavy atom. The molecule has 0 N–H and O–H groups in total. The standard InChI is InChI=1S/C22H16N2O6S/c1-29-18-9-7-15(24(27)28)11-17(18)19-10-8-16(30-19)12-20-21(25)23(22(26)31-20)13-14-5-3-2-4-6-14/h2-12H,13H2,1H3/b20-12-. The van der Waals surface area contributed by atoms with Crippen LogP contribution in [0.4, 0.5) is 10.5 Å². The van der Waals surface area contributed by atoms with Crippen LogP contribution in [0.3, 0.4) is 0 Å². The summed E-state index contributed by atoms with van der Waals surface area (Å²) in [7, 11) is 1.46. The number of furan rings is 1. The van der Waals surface area contributed by atoms with E-state index in [1.807, 2.05) is 30.3 Å². The molecule has 156 valence electrons. The first kappa shape index (κ1) is 20.4. The largest absolute Gasteiger partial charge is 0.496 e. The predicted octanol–water partition coefficient (Wildman–Crippen LogP) is 5.10. The summed E-state index contributed by atoms with van der Waals surface area (Å²) < 4.78 is 11.0. The van der Waals surface area contributed by atoms with Crippen molar-refractivity contribution in [3.05, 3.63) is 87.0 Å². The fraction of sp³-hybridized carbons (Fsp3) is 0.0909. The summed E-state index contributed by atoms with van der Waals surface area (Å²) in [4.78, 5) is 37.0. The quantitative estimate of drug-likeness (QED) is 0.301. The molecule has 1 aliphatic rings. The molecule has 0 radical (unpaired) electrons. The van der Waals surface area contributed by atoms with Crippen molar-refractivity contribution in [1.82, 2.24) is 4.90 Å². The van der Waals surface area contributed by atoms with Gasteiger partial charge in [-0.2, -0.15) is 0 Å². The van der Waals surface area contributed by atoms with Crippen LogP contribution < -0.4 is 4.74 Å². The van der Waals surface area contributed by atoms with Gasteiger partial charge in [0.05, 0.1) is 29.0 Å². The number of ether oxygens (including phenoxy) is 1. The molecule has 2 amide bonds. The Bertz CT molecular complexity index is 1200. The lowest BCUT2D eigenvalue weighted by Crippen LogP contribution is -2.27. The van der Waals surface area contributed by atoms with Gasteiger partial charge in [0.15, 0.2) is 0 Å². The van der Waals surface area contributed by atoms with E-state index in [0.717, 1.165) is 17.3 Å². The molecule has 0 atom stereocenters. The molecule has 9 heteroatoms. The zero-order valence-corrected chi connectivity index (χ0v) is 17.1. The number of rotatable bonds is 6. The van der Waals surface area contributed by atoms with Gasteiger partial charge in [0, 0.05) is 18.2 Å². The van der Waals surface area contributed by atoms with Crippen LogP contribution in [0.2, 0.25) is 0 Å².